The highest BCUT2D eigenvalue weighted by atomic mass is 15.3. The molecule has 2 saturated heterocycles. The highest BCUT2D eigenvalue weighted by Crippen LogP contribution is 2.32. The van der Waals surface area contributed by atoms with Crippen molar-refractivity contribution in [2.75, 3.05) is 13.1 Å². The van der Waals surface area contributed by atoms with Crippen molar-refractivity contribution in [2.24, 2.45) is 0 Å². The molecule has 0 aromatic rings. The van der Waals surface area contributed by atoms with Crippen LogP contribution in [0.4, 0.5) is 0 Å². The van der Waals surface area contributed by atoms with Crippen molar-refractivity contribution in [1.82, 2.24) is 9.80 Å². The monoisotopic (exact) mass is 210 g/mol. The molecule has 0 spiro atoms. The van der Waals surface area contributed by atoms with E-state index in [1.165, 1.54) is 32.4 Å². The molecular weight excluding hydrogens is 184 g/mol. The van der Waals surface area contributed by atoms with Gasteiger partial charge in [0, 0.05) is 30.7 Å². The molecule has 0 aliphatic carbocycles. The molecule has 0 saturated carbocycles. The van der Waals surface area contributed by atoms with Gasteiger partial charge in [-0.25, -0.2) is 0 Å². The van der Waals surface area contributed by atoms with Crippen LogP contribution in [-0.4, -0.2) is 47.1 Å². The van der Waals surface area contributed by atoms with E-state index in [0.717, 1.165) is 24.2 Å². The Morgan fingerprint density at radius 1 is 0.800 bits per heavy atom. The zero-order valence-corrected chi connectivity index (χ0v) is 10.7. The van der Waals surface area contributed by atoms with E-state index < -0.39 is 0 Å². The summed E-state index contributed by atoms with van der Waals surface area (Å²) < 4.78 is 0. The Hall–Kier alpha value is -0.0800. The van der Waals surface area contributed by atoms with Gasteiger partial charge in [0.05, 0.1) is 0 Å². The largest absolute Gasteiger partial charge is 0.296 e. The van der Waals surface area contributed by atoms with Crippen LogP contribution in [-0.2, 0) is 0 Å². The van der Waals surface area contributed by atoms with Crippen molar-refractivity contribution in [3.05, 3.63) is 0 Å². The summed E-state index contributed by atoms with van der Waals surface area (Å²) in [6.45, 7) is 12.0. The van der Waals surface area contributed by atoms with E-state index >= 15 is 0 Å². The van der Waals surface area contributed by atoms with Crippen LogP contribution in [0.2, 0.25) is 0 Å². The molecule has 0 radical (unpaired) electrons. The van der Waals surface area contributed by atoms with Gasteiger partial charge in [0.2, 0.25) is 0 Å². The van der Waals surface area contributed by atoms with Gasteiger partial charge in [-0.1, -0.05) is 0 Å². The van der Waals surface area contributed by atoms with E-state index in [9.17, 15) is 0 Å². The molecule has 2 rings (SSSR count). The number of nitrogens with zero attached hydrogens (tertiary/aromatic N) is 2. The first-order valence-corrected chi connectivity index (χ1v) is 6.62. The number of hydrogen-bond acceptors (Lipinski definition) is 2. The summed E-state index contributed by atoms with van der Waals surface area (Å²) in [7, 11) is 0. The topological polar surface area (TPSA) is 6.48 Å². The number of hydrogen-bond donors (Lipinski definition) is 0. The van der Waals surface area contributed by atoms with Crippen LogP contribution >= 0.6 is 0 Å². The average Bonchev–Trinajstić information content (AvgIpc) is 2.59. The van der Waals surface area contributed by atoms with Crippen molar-refractivity contribution in [3.8, 4) is 0 Å². The van der Waals surface area contributed by atoms with Crippen LogP contribution < -0.4 is 0 Å². The maximum absolute atomic E-state index is 2.73. The van der Waals surface area contributed by atoms with Crippen LogP contribution in [0.1, 0.15) is 47.0 Å². The van der Waals surface area contributed by atoms with Gasteiger partial charge in [0.15, 0.2) is 0 Å². The first-order valence-electron chi connectivity index (χ1n) is 6.62. The number of rotatable bonds is 2. The number of fused-ring (bicyclic) bond motifs is 1. The van der Waals surface area contributed by atoms with Gasteiger partial charge in [-0.15, -0.1) is 0 Å². The fraction of sp³-hybridized carbons (Fsp3) is 1.00. The molecule has 2 heteroatoms. The molecule has 2 heterocycles. The summed E-state index contributed by atoms with van der Waals surface area (Å²) in [5.41, 5.74) is 0. The highest BCUT2D eigenvalue weighted by Gasteiger charge is 2.41. The molecule has 0 amide bonds. The normalized spacial score (nSPS) is 34.0. The zero-order valence-electron chi connectivity index (χ0n) is 10.7. The van der Waals surface area contributed by atoms with E-state index in [-0.39, 0.29) is 0 Å². The van der Waals surface area contributed by atoms with Crippen LogP contribution in [0.15, 0.2) is 0 Å². The smallest absolute Gasteiger partial charge is 0.0266 e. The van der Waals surface area contributed by atoms with E-state index in [1.54, 1.807) is 0 Å². The first kappa shape index (κ1) is 11.4. The van der Waals surface area contributed by atoms with Crippen LogP contribution in [0.25, 0.3) is 0 Å². The van der Waals surface area contributed by atoms with Gasteiger partial charge in [-0.2, -0.15) is 0 Å². The van der Waals surface area contributed by atoms with E-state index in [4.69, 9.17) is 0 Å². The molecule has 0 aromatic carbocycles. The Morgan fingerprint density at radius 2 is 1.33 bits per heavy atom. The molecule has 0 bridgehead atoms. The fourth-order valence-corrected chi connectivity index (χ4v) is 3.54. The molecule has 2 aliphatic heterocycles. The molecular formula is C13H26N2. The van der Waals surface area contributed by atoms with Gasteiger partial charge < -0.3 is 0 Å². The predicted molar refractivity (Wildman–Crippen MR) is 65.1 cm³/mol. The van der Waals surface area contributed by atoms with Gasteiger partial charge >= 0.3 is 0 Å². The lowest BCUT2D eigenvalue weighted by molar-refractivity contribution is 0.0600. The lowest BCUT2D eigenvalue weighted by Gasteiger charge is -2.43. The summed E-state index contributed by atoms with van der Waals surface area (Å²) >= 11 is 0. The summed E-state index contributed by atoms with van der Waals surface area (Å²) in [6.07, 6.45) is 4.20. The highest BCUT2D eigenvalue weighted by molar-refractivity contribution is 4.98. The van der Waals surface area contributed by atoms with Crippen molar-refractivity contribution < 1.29 is 0 Å². The maximum atomic E-state index is 2.73. The average molecular weight is 210 g/mol. The molecule has 2 nitrogen and oxygen atoms in total. The Kier molecular flexibility index (Phi) is 3.36. The van der Waals surface area contributed by atoms with Gasteiger partial charge in [0.1, 0.15) is 0 Å². The van der Waals surface area contributed by atoms with Crippen LogP contribution in [0.5, 0.6) is 0 Å². The van der Waals surface area contributed by atoms with Crippen molar-refractivity contribution >= 4 is 0 Å². The second-order valence-corrected chi connectivity index (χ2v) is 5.73. The molecule has 2 unspecified atom stereocenters. The Labute approximate surface area is 94.6 Å². The second kappa shape index (κ2) is 4.42. The fourth-order valence-electron chi connectivity index (χ4n) is 3.54. The molecule has 15 heavy (non-hydrogen) atoms. The van der Waals surface area contributed by atoms with Gasteiger partial charge in [-0.05, 0) is 53.5 Å². The Morgan fingerprint density at radius 3 is 1.93 bits per heavy atom. The minimum atomic E-state index is 0.727. The van der Waals surface area contributed by atoms with Gasteiger partial charge in [-0.3, -0.25) is 9.80 Å². The third-order valence-corrected chi connectivity index (χ3v) is 4.22. The minimum Gasteiger partial charge on any atom is -0.296 e. The molecule has 2 aliphatic rings. The number of piperidine rings is 1. The first-order chi connectivity index (χ1) is 7.11. The van der Waals surface area contributed by atoms with Crippen LogP contribution in [0, 0.1) is 0 Å². The third kappa shape index (κ3) is 2.07. The summed E-state index contributed by atoms with van der Waals surface area (Å²) in [5.74, 6) is 0. The van der Waals surface area contributed by atoms with Crippen molar-refractivity contribution in [1.29, 1.82) is 0 Å². The number of likely N-dealkylation sites (tertiary alicyclic amines) is 2. The van der Waals surface area contributed by atoms with E-state index in [1.807, 2.05) is 0 Å². The second-order valence-electron chi connectivity index (χ2n) is 5.73. The standard InChI is InChI=1S/C13H26N2/c1-10(2)14-8-5-6-12-13(14)7-9-15(12)11(3)4/h10-13H,5-9H2,1-4H3. The predicted octanol–water partition coefficient (Wildman–Crippen LogP) is 2.34. The Balaban J connectivity index is 2.07. The summed E-state index contributed by atoms with van der Waals surface area (Å²) in [6, 6.07) is 3.15. The molecule has 88 valence electrons. The summed E-state index contributed by atoms with van der Waals surface area (Å²) in [4.78, 5) is 5.45. The maximum Gasteiger partial charge on any atom is 0.0266 e. The van der Waals surface area contributed by atoms with E-state index in [0.29, 0.717) is 0 Å². The lowest BCUT2D eigenvalue weighted by atomic mass is 9.95. The van der Waals surface area contributed by atoms with Gasteiger partial charge in [0.25, 0.3) is 0 Å². The summed E-state index contributed by atoms with van der Waals surface area (Å²) in [5, 5.41) is 0. The Bertz CT molecular complexity index is 213. The van der Waals surface area contributed by atoms with Crippen molar-refractivity contribution in [3.63, 3.8) is 0 Å². The third-order valence-electron chi connectivity index (χ3n) is 4.22. The molecule has 0 N–H and O–H groups in total. The zero-order chi connectivity index (χ0) is 11.0. The van der Waals surface area contributed by atoms with E-state index in [2.05, 4.69) is 37.5 Å². The molecule has 2 atom stereocenters. The molecule has 2 fully saturated rings. The molecule has 0 aromatic heterocycles. The van der Waals surface area contributed by atoms with Crippen molar-refractivity contribution in [2.45, 2.75) is 71.1 Å². The lowest BCUT2D eigenvalue weighted by Crippen LogP contribution is -2.53. The minimum absolute atomic E-state index is 0.727. The quantitative estimate of drug-likeness (QED) is 0.690. The SMILES string of the molecule is CC(C)N1CCCC2C1CCN2C(C)C. The van der Waals surface area contributed by atoms with Crippen LogP contribution in [0.3, 0.4) is 0 Å².